The van der Waals surface area contributed by atoms with E-state index in [9.17, 15) is 13.6 Å². The first kappa shape index (κ1) is 19.0. The Balaban J connectivity index is 1.61. The summed E-state index contributed by atoms with van der Waals surface area (Å²) in [7, 11) is 0. The second-order valence-electron chi connectivity index (χ2n) is 6.03. The highest BCUT2D eigenvalue weighted by molar-refractivity contribution is 7.12. The quantitative estimate of drug-likeness (QED) is 0.582. The fourth-order valence-electron chi connectivity index (χ4n) is 2.66. The van der Waals surface area contributed by atoms with Crippen molar-refractivity contribution in [1.82, 2.24) is 5.32 Å². The number of hydrogen-bond donors (Lipinski definition) is 1. The van der Waals surface area contributed by atoms with Gasteiger partial charge < -0.3 is 10.1 Å². The number of amides is 1. The standard InChI is InChI=1S/C21H19F2NO2S/c1-2-18(15-6-4-3-5-7-15)24-21(25)20-10-14(13-27-20)12-26-19-9-8-16(22)11-17(19)23/h3-11,13,18H,2,12H2,1H3,(H,24,25). The minimum Gasteiger partial charge on any atom is -0.486 e. The first-order valence-corrected chi connectivity index (χ1v) is 9.46. The fraction of sp³-hybridized carbons (Fsp3) is 0.190. The molecule has 1 amide bonds. The van der Waals surface area contributed by atoms with Crippen molar-refractivity contribution < 1.29 is 18.3 Å². The Bertz CT molecular complexity index is 912. The summed E-state index contributed by atoms with van der Waals surface area (Å²) in [6.45, 7) is 2.12. The van der Waals surface area contributed by atoms with Crippen LogP contribution >= 0.6 is 11.3 Å². The minimum absolute atomic E-state index is 0.0243. The van der Waals surface area contributed by atoms with Gasteiger partial charge in [-0.05, 0) is 35.6 Å². The van der Waals surface area contributed by atoms with Gasteiger partial charge in [0.15, 0.2) is 11.6 Å². The predicted octanol–water partition coefficient (Wildman–Crippen LogP) is 5.49. The van der Waals surface area contributed by atoms with Gasteiger partial charge in [0.1, 0.15) is 12.4 Å². The number of halogens is 2. The first-order valence-electron chi connectivity index (χ1n) is 8.58. The van der Waals surface area contributed by atoms with Crippen LogP contribution in [-0.4, -0.2) is 5.91 Å². The van der Waals surface area contributed by atoms with Gasteiger partial charge in [-0.2, -0.15) is 0 Å². The highest BCUT2D eigenvalue weighted by Crippen LogP contribution is 2.22. The van der Waals surface area contributed by atoms with Crippen molar-refractivity contribution in [3.05, 3.63) is 87.6 Å². The Morgan fingerprint density at radius 1 is 1.15 bits per heavy atom. The summed E-state index contributed by atoms with van der Waals surface area (Å²) in [5, 5.41) is 4.82. The molecule has 0 spiro atoms. The SMILES string of the molecule is CCC(NC(=O)c1cc(COc2ccc(F)cc2F)cs1)c1ccccc1. The summed E-state index contributed by atoms with van der Waals surface area (Å²) in [6, 6.07) is 14.6. The monoisotopic (exact) mass is 387 g/mol. The van der Waals surface area contributed by atoms with E-state index in [2.05, 4.69) is 5.32 Å². The van der Waals surface area contributed by atoms with Crippen molar-refractivity contribution in [2.24, 2.45) is 0 Å². The smallest absolute Gasteiger partial charge is 0.261 e. The highest BCUT2D eigenvalue weighted by atomic mass is 32.1. The minimum atomic E-state index is -0.753. The third-order valence-electron chi connectivity index (χ3n) is 4.08. The molecule has 1 N–H and O–H groups in total. The molecule has 0 radical (unpaired) electrons. The van der Waals surface area contributed by atoms with Gasteiger partial charge in [0.05, 0.1) is 10.9 Å². The van der Waals surface area contributed by atoms with Crippen LogP contribution < -0.4 is 10.1 Å². The first-order chi connectivity index (χ1) is 13.1. The van der Waals surface area contributed by atoms with E-state index in [-0.39, 0.29) is 24.3 Å². The fourth-order valence-corrected chi connectivity index (χ4v) is 3.46. The number of ether oxygens (including phenoxy) is 1. The lowest BCUT2D eigenvalue weighted by atomic mass is 10.0. The molecule has 1 aromatic heterocycles. The van der Waals surface area contributed by atoms with Crippen LogP contribution in [0, 0.1) is 11.6 Å². The van der Waals surface area contributed by atoms with Gasteiger partial charge in [-0.25, -0.2) is 8.78 Å². The molecule has 0 saturated heterocycles. The van der Waals surface area contributed by atoms with E-state index in [0.717, 1.165) is 29.7 Å². The van der Waals surface area contributed by atoms with Gasteiger partial charge in [0, 0.05) is 11.6 Å². The van der Waals surface area contributed by atoms with Crippen molar-refractivity contribution in [2.75, 3.05) is 0 Å². The van der Waals surface area contributed by atoms with Crippen LogP contribution in [0.2, 0.25) is 0 Å². The molecule has 0 aliphatic heterocycles. The molecule has 3 aromatic rings. The summed E-state index contributed by atoms with van der Waals surface area (Å²) < 4.78 is 31.9. The van der Waals surface area contributed by atoms with Crippen molar-refractivity contribution in [2.45, 2.75) is 26.0 Å². The molecule has 140 valence electrons. The Morgan fingerprint density at radius 3 is 2.63 bits per heavy atom. The Morgan fingerprint density at radius 2 is 1.93 bits per heavy atom. The Kier molecular flexibility index (Phi) is 6.19. The topological polar surface area (TPSA) is 38.3 Å². The lowest BCUT2D eigenvalue weighted by Crippen LogP contribution is -2.27. The third-order valence-corrected chi connectivity index (χ3v) is 5.06. The number of nitrogens with one attached hydrogen (secondary N) is 1. The lowest BCUT2D eigenvalue weighted by Gasteiger charge is -2.16. The second kappa shape index (κ2) is 8.77. The number of carbonyl (C=O) groups is 1. The van der Waals surface area contributed by atoms with Crippen LogP contribution in [-0.2, 0) is 6.61 Å². The molecule has 2 aromatic carbocycles. The molecule has 1 unspecified atom stereocenters. The van der Waals surface area contributed by atoms with Crippen molar-refractivity contribution in [3.63, 3.8) is 0 Å². The molecular weight excluding hydrogens is 368 g/mol. The molecule has 1 heterocycles. The van der Waals surface area contributed by atoms with Crippen LogP contribution in [0.3, 0.4) is 0 Å². The summed E-state index contributed by atoms with van der Waals surface area (Å²) in [6.07, 6.45) is 0.779. The van der Waals surface area contributed by atoms with Gasteiger partial charge in [0.25, 0.3) is 5.91 Å². The van der Waals surface area contributed by atoms with E-state index in [1.54, 1.807) is 11.4 Å². The van der Waals surface area contributed by atoms with Crippen LogP contribution in [0.4, 0.5) is 8.78 Å². The maximum Gasteiger partial charge on any atom is 0.261 e. The average Bonchev–Trinajstić information content (AvgIpc) is 3.15. The van der Waals surface area contributed by atoms with Gasteiger partial charge >= 0.3 is 0 Å². The summed E-state index contributed by atoms with van der Waals surface area (Å²) >= 11 is 1.30. The van der Waals surface area contributed by atoms with Crippen LogP contribution in [0.5, 0.6) is 5.75 Å². The van der Waals surface area contributed by atoms with E-state index in [1.807, 2.05) is 37.3 Å². The molecule has 3 rings (SSSR count). The van der Waals surface area contributed by atoms with Gasteiger partial charge in [-0.3, -0.25) is 4.79 Å². The van der Waals surface area contributed by atoms with E-state index in [4.69, 9.17) is 4.74 Å². The zero-order valence-electron chi connectivity index (χ0n) is 14.7. The molecule has 27 heavy (non-hydrogen) atoms. The summed E-state index contributed by atoms with van der Waals surface area (Å²) in [5.41, 5.74) is 1.81. The average molecular weight is 387 g/mol. The largest absolute Gasteiger partial charge is 0.486 e. The zero-order chi connectivity index (χ0) is 19.2. The Hall–Kier alpha value is -2.73. The van der Waals surface area contributed by atoms with Crippen LogP contribution in [0.25, 0.3) is 0 Å². The number of rotatable bonds is 7. The number of carbonyl (C=O) groups excluding carboxylic acids is 1. The molecule has 6 heteroatoms. The van der Waals surface area contributed by atoms with Crippen LogP contribution in [0.15, 0.2) is 60.0 Å². The molecule has 0 bridgehead atoms. The number of thiophene rings is 1. The maximum absolute atomic E-state index is 13.6. The summed E-state index contributed by atoms with van der Waals surface area (Å²) in [5.74, 6) is -1.59. The van der Waals surface area contributed by atoms with Gasteiger partial charge in [-0.15, -0.1) is 11.3 Å². The molecule has 1 atom stereocenters. The third kappa shape index (κ3) is 4.92. The molecule has 0 aliphatic rings. The molecule has 3 nitrogen and oxygen atoms in total. The van der Waals surface area contributed by atoms with E-state index in [0.29, 0.717) is 4.88 Å². The Labute approximate surface area is 160 Å². The van der Waals surface area contributed by atoms with Gasteiger partial charge in [0.2, 0.25) is 0 Å². The summed E-state index contributed by atoms with van der Waals surface area (Å²) in [4.78, 5) is 13.1. The van der Waals surface area contributed by atoms with Crippen molar-refractivity contribution >= 4 is 17.2 Å². The molecule has 0 fully saturated rings. The van der Waals surface area contributed by atoms with Crippen molar-refractivity contribution in [3.8, 4) is 5.75 Å². The normalized spacial score (nSPS) is 11.8. The molecular formula is C21H19F2NO2S. The highest BCUT2D eigenvalue weighted by Gasteiger charge is 2.16. The van der Waals surface area contributed by atoms with Crippen molar-refractivity contribution in [1.29, 1.82) is 0 Å². The van der Waals surface area contributed by atoms with E-state index < -0.39 is 11.6 Å². The van der Waals surface area contributed by atoms with E-state index >= 15 is 0 Å². The zero-order valence-corrected chi connectivity index (χ0v) is 15.6. The molecule has 0 saturated carbocycles. The number of benzene rings is 2. The number of hydrogen-bond acceptors (Lipinski definition) is 3. The second-order valence-corrected chi connectivity index (χ2v) is 6.94. The lowest BCUT2D eigenvalue weighted by molar-refractivity contribution is 0.0939. The maximum atomic E-state index is 13.6. The van der Waals surface area contributed by atoms with Gasteiger partial charge in [-0.1, -0.05) is 37.3 Å². The van der Waals surface area contributed by atoms with E-state index in [1.165, 1.54) is 17.4 Å². The molecule has 0 aliphatic carbocycles. The predicted molar refractivity (Wildman–Crippen MR) is 102 cm³/mol. The van der Waals surface area contributed by atoms with Crippen LogP contribution in [0.1, 0.15) is 40.2 Å².